The molecule has 0 saturated heterocycles. The number of allylic oxidation sites excluding steroid dienone is 3. The van der Waals surface area contributed by atoms with Crippen LogP contribution in [0.5, 0.6) is 0 Å². The molecule has 15 nitrogen and oxygen atoms in total. The van der Waals surface area contributed by atoms with E-state index in [1.165, 1.54) is 105 Å². The van der Waals surface area contributed by atoms with Crippen molar-refractivity contribution in [1.29, 1.82) is 0 Å². The van der Waals surface area contributed by atoms with Gasteiger partial charge in [0, 0.05) is 111 Å². The number of rotatable bonds is 14. The Bertz CT molecular complexity index is 6330. The molecule has 4 aromatic heterocycles. The Hall–Kier alpha value is -9.64. The van der Waals surface area contributed by atoms with E-state index >= 15 is 0 Å². The number of para-hydroxylation sites is 3. The van der Waals surface area contributed by atoms with Crippen LogP contribution in [0.1, 0.15) is 132 Å². The average molecular weight is 2850 g/mol. The van der Waals surface area contributed by atoms with Crippen LogP contribution in [0.4, 0.5) is 47.3 Å². The summed E-state index contributed by atoms with van der Waals surface area (Å²) in [6.07, 6.45) is 6.07. The van der Waals surface area contributed by atoms with Gasteiger partial charge in [-0.25, -0.2) is 0 Å². The SMILES string of the molecule is CC(C)(C)N1c2ccccc2[Se]c2cc[c-]c(-c3ccccn3)c21.CC(C)C(O)=CC(O)C(C)C.CC(C)C(O)=CC(O)C(C)C.CC(O)=CC(C)O.CC1(C)c2ccccc2[Se]c2cc[c-]c(-c3ccccn3)c21.CN1c2ccccc2N(C(F)(F)F)c2cc[c-]c(-c3ccccn3)c21.C[Si]1(C)c2ccccc2[Se]c2cc[c-]c(-c3ccccn3)c21.OC(=CC(O)c1ccccc1)c1ccccc1.[Ir].[Ir].[Ir].[Ir]. The van der Waals surface area contributed by atoms with Crippen molar-refractivity contribution in [1.82, 2.24) is 19.9 Å². The van der Waals surface area contributed by atoms with Crippen LogP contribution in [0.25, 0.3) is 50.8 Å². The number of hydrogen-bond donors (Lipinski definition) is 8. The van der Waals surface area contributed by atoms with Gasteiger partial charge in [0.1, 0.15) is 11.9 Å². The summed E-state index contributed by atoms with van der Waals surface area (Å²) in [7, 11) is 0.0408. The maximum absolute atomic E-state index is 13.8. The van der Waals surface area contributed by atoms with Gasteiger partial charge in [-0.1, -0.05) is 146 Å². The zero-order valence-corrected chi connectivity index (χ0v) is 98.9. The Kier molecular flexibility index (Phi) is 46.9. The number of hydrogen-bond acceptors (Lipinski definition) is 15. The van der Waals surface area contributed by atoms with Gasteiger partial charge in [-0.05, 0) is 90.8 Å². The molecule has 758 valence electrons. The van der Waals surface area contributed by atoms with E-state index in [0.29, 0.717) is 78.0 Å². The molecule has 0 saturated carbocycles. The predicted octanol–water partition coefficient (Wildman–Crippen LogP) is 21.3. The summed E-state index contributed by atoms with van der Waals surface area (Å²) >= 11 is 1.03. The molecule has 14 aromatic rings. The Morgan fingerprint density at radius 3 is 1.28 bits per heavy atom. The van der Waals surface area contributed by atoms with Crippen LogP contribution >= 0.6 is 0 Å². The maximum Gasteiger partial charge on any atom is 0.121 e. The van der Waals surface area contributed by atoms with E-state index in [4.69, 9.17) is 10.2 Å². The third-order valence-corrected chi connectivity index (χ3v) is 34.5. The molecule has 0 amide bonds. The minimum atomic E-state index is -4.55. The van der Waals surface area contributed by atoms with Crippen molar-refractivity contribution in [3.05, 3.63) is 392 Å². The largest absolute Gasteiger partial charge is 0.508 e. The molecule has 4 atom stereocenters. The molecule has 143 heavy (non-hydrogen) atoms. The number of benzene rings is 10. The Balaban J connectivity index is 0.000000226. The number of aromatic nitrogens is 4. The molecule has 0 aliphatic carbocycles. The summed E-state index contributed by atoms with van der Waals surface area (Å²) in [5.74, 6) is 1.31. The monoisotopic (exact) mass is 2850 g/mol. The Morgan fingerprint density at radius 1 is 0.406 bits per heavy atom. The molecule has 26 heteroatoms. The first-order valence-electron chi connectivity index (χ1n) is 46.3. The van der Waals surface area contributed by atoms with Gasteiger partial charge >= 0.3 is 432 Å². The van der Waals surface area contributed by atoms with Gasteiger partial charge in [0.05, 0.1) is 47.0 Å². The van der Waals surface area contributed by atoms with E-state index in [1.807, 2.05) is 159 Å². The molecule has 10 aromatic carbocycles. The van der Waals surface area contributed by atoms with Gasteiger partial charge in [0.25, 0.3) is 0 Å². The molecule has 8 heterocycles. The van der Waals surface area contributed by atoms with Gasteiger partial charge in [0.2, 0.25) is 0 Å². The first-order chi connectivity index (χ1) is 66.2. The third-order valence-electron chi connectivity index (χ3n) is 23.1. The van der Waals surface area contributed by atoms with Crippen LogP contribution in [0, 0.1) is 47.9 Å². The number of aliphatic hydroxyl groups excluding tert-OH is 8. The van der Waals surface area contributed by atoms with E-state index in [2.05, 4.69) is 224 Å². The Labute approximate surface area is 916 Å². The summed E-state index contributed by atoms with van der Waals surface area (Å²) < 4.78 is 50.4. The van der Waals surface area contributed by atoms with Crippen LogP contribution < -0.4 is 51.8 Å². The molecule has 4 aliphatic rings. The molecule has 4 radical (unpaired) electrons. The normalized spacial score (nSPS) is 14.1. The molecule has 0 bridgehead atoms. The van der Waals surface area contributed by atoms with Crippen molar-refractivity contribution in [2.45, 2.75) is 159 Å². The van der Waals surface area contributed by atoms with Crippen LogP contribution in [-0.2, 0) is 85.8 Å². The second-order valence-corrected chi connectivity index (χ2v) is 48.0. The molecule has 0 spiro atoms. The molecule has 0 fully saturated rings. The summed E-state index contributed by atoms with van der Waals surface area (Å²) in [5.41, 5.74) is 15.5. The minimum Gasteiger partial charge on any atom is -0.508 e. The van der Waals surface area contributed by atoms with E-state index < -0.39 is 38.8 Å². The number of anilines is 6. The number of alkyl halides is 3. The summed E-state index contributed by atoms with van der Waals surface area (Å²) in [6, 6.07) is 104. The minimum absolute atomic E-state index is 0. The fraction of sp³-hybridized carbons (Fsp3) is 0.248. The smallest absolute Gasteiger partial charge is 0.121 e. The van der Waals surface area contributed by atoms with Crippen molar-refractivity contribution in [2.24, 2.45) is 23.7 Å². The van der Waals surface area contributed by atoms with Crippen molar-refractivity contribution >= 4 is 130 Å². The fourth-order valence-corrected chi connectivity index (χ4v) is 29.7. The second kappa shape index (κ2) is 55.8. The van der Waals surface area contributed by atoms with E-state index in [9.17, 15) is 43.8 Å². The summed E-state index contributed by atoms with van der Waals surface area (Å²) in [4.78, 5) is 22.6. The predicted molar refractivity (Wildman–Crippen MR) is 571 cm³/mol. The molecule has 4 unspecified atom stereocenters. The number of aliphatic hydroxyl groups is 8. The number of halogens is 3. The fourth-order valence-electron chi connectivity index (χ4n) is 15.8. The van der Waals surface area contributed by atoms with Gasteiger partial charge in [-0.2, -0.15) is 0 Å². The van der Waals surface area contributed by atoms with Gasteiger partial charge in [0.15, 0.2) is 0 Å². The first kappa shape index (κ1) is 120. The van der Waals surface area contributed by atoms with Crippen molar-refractivity contribution in [3.63, 3.8) is 0 Å². The maximum atomic E-state index is 13.8. The summed E-state index contributed by atoms with van der Waals surface area (Å²) in [5, 5.41) is 76.9. The standard InChI is InChI=1S/C21H19N2Se.C20H16NSe.C19H13F3N3.C19H16NSeSi.C15H14O2.2C9H18O2.C5H10O2.4Ir/c1-21(2,3)23-17-11-4-5-12-18(17)24-19-13-8-9-15(20(19)23)16-10-6-7-14-22-16;1-20(2)15-9-3-4-11-17(15)22-18-12-7-8-14(19(18)20)16-10-5-6-13-21-16;1-24-15-9-2-3-10-16(15)25(19(20,21)22)17-11-6-7-13(18(17)24)14-8-4-5-12-23-14;1-22(2)18-12-4-3-10-16(18)21-17-11-7-8-14(19(17)22)15-9-5-6-13-20-15;16-14(12-7-3-1-4-8-12)11-15(17)13-9-5-2-6-10-13;2*1-6(2)8(10)5-9(11)7(3)4;1-4(6)3-5(2)7;;;;/h4-8,10-14H,1-3H3;3-7,9-13H,1-2H3;2-6,8-12H,1H3;3-7,9-13H,1-2H3;1-11,14,16-17H;2*5-8,10-11H,1-4H3;3-4,6-7H,1-2H3;;;;/q4*-1;;;;;;;;. The van der Waals surface area contributed by atoms with Gasteiger partial charge in [-0.3, -0.25) is 4.90 Å². The van der Waals surface area contributed by atoms with E-state index in [1.54, 1.807) is 83.2 Å². The number of fused-ring (bicyclic) bond motifs is 8. The topological polar surface area (TPSA) is 223 Å². The number of pyridine rings is 4. The zero-order valence-electron chi connectivity index (χ0n) is 83.2. The zero-order chi connectivity index (χ0) is 101. The van der Waals surface area contributed by atoms with Crippen molar-refractivity contribution < 1.29 is 134 Å². The van der Waals surface area contributed by atoms with Gasteiger partial charge in [-0.15, -0.1) is 31.4 Å². The van der Waals surface area contributed by atoms with Crippen molar-refractivity contribution in [3.8, 4) is 45.0 Å². The van der Waals surface area contributed by atoms with Crippen LogP contribution in [0.3, 0.4) is 0 Å². The number of nitrogens with zero attached hydrogens (tertiary/aromatic N) is 7. The molecule has 18 rings (SSSR count). The first-order valence-corrected chi connectivity index (χ1v) is 54.4. The van der Waals surface area contributed by atoms with Crippen molar-refractivity contribution in [2.75, 3.05) is 21.7 Å². The Morgan fingerprint density at radius 2 is 0.804 bits per heavy atom. The second-order valence-electron chi connectivity index (χ2n) is 36.9. The third kappa shape index (κ3) is 31.7. The quantitative estimate of drug-likeness (QED) is 0.0219. The van der Waals surface area contributed by atoms with E-state index in [0.717, 1.165) is 33.8 Å². The van der Waals surface area contributed by atoms with Crippen LogP contribution in [0.2, 0.25) is 13.1 Å². The molecule has 8 N–H and O–H groups in total. The molecular formula is C117H124F3Ir4N7O8Se3Si-4. The molecular weight excluding hydrogens is 2720 g/mol. The summed E-state index contributed by atoms with van der Waals surface area (Å²) in [6.45, 7) is 34.7. The van der Waals surface area contributed by atoms with Crippen LogP contribution in [0.15, 0.2) is 345 Å². The van der Waals surface area contributed by atoms with Crippen LogP contribution in [-0.4, -0.2) is 151 Å². The van der Waals surface area contributed by atoms with E-state index in [-0.39, 0.29) is 149 Å². The van der Waals surface area contributed by atoms with Gasteiger partial charge < -0.3 is 50.7 Å². The molecule has 4 aliphatic heterocycles. The average Bonchev–Trinajstić information content (AvgIpc) is 0.731.